The maximum atomic E-state index is 9.94. The van der Waals surface area contributed by atoms with Crippen LogP contribution in [0.15, 0.2) is 0 Å². The van der Waals surface area contributed by atoms with Crippen molar-refractivity contribution in [2.75, 3.05) is 5.75 Å². The van der Waals surface area contributed by atoms with Crippen LogP contribution in [0, 0.1) is 0 Å². The molecule has 0 aromatic rings. The van der Waals surface area contributed by atoms with Gasteiger partial charge < -0.3 is 0 Å². The summed E-state index contributed by atoms with van der Waals surface area (Å²) in [7, 11) is 1.65. The normalized spacial score (nSPS) is 8.71. The van der Waals surface area contributed by atoms with Gasteiger partial charge >= 0.3 is 57.3 Å². The first-order valence-electron chi connectivity index (χ1n) is 2.40. The van der Waals surface area contributed by atoms with E-state index >= 15 is 0 Å². The Hall–Kier alpha value is 0.949. The van der Waals surface area contributed by atoms with Crippen molar-refractivity contribution in [3.05, 3.63) is 0 Å². The number of hydrogen-bond donors (Lipinski definition) is 0. The summed E-state index contributed by atoms with van der Waals surface area (Å²) in [5.41, 5.74) is 0. The van der Waals surface area contributed by atoms with Gasteiger partial charge in [0.05, 0.1) is 0 Å². The summed E-state index contributed by atoms with van der Waals surface area (Å²) < 4.78 is 9.94. The average Bonchev–Trinajstić information content (AvgIpc) is 1.69. The molecular weight excluding hydrogens is 215 g/mol. The summed E-state index contributed by atoms with van der Waals surface area (Å²) in [6.45, 7) is 2.15. The zero-order valence-corrected chi connectivity index (χ0v) is 8.11. The molecule has 0 aromatic heterocycles. The van der Waals surface area contributed by atoms with Gasteiger partial charge in [-0.05, 0) is 0 Å². The van der Waals surface area contributed by atoms with Crippen LogP contribution in [0.5, 0.6) is 0 Å². The van der Waals surface area contributed by atoms with Crippen LogP contribution in [0.1, 0.15) is 19.8 Å². The second-order valence-electron chi connectivity index (χ2n) is 1.29. The molecule has 0 unspecified atom stereocenters. The third-order valence-electron chi connectivity index (χ3n) is 0.659. The molecule has 0 amide bonds. The molecule has 1 nitrogen and oxygen atoms in total. The Morgan fingerprint density at radius 3 is 2.86 bits per heavy atom. The zero-order valence-electron chi connectivity index (χ0n) is 4.44. The first-order chi connectivity index (χ1) is 3.41. The molecule has 1 radical (unpaired) electrons. The van der Waals surface area contributed by atoms with Gasteiger partial charge in [0.2, 0.25) is 0 Å². The predicted octanol–water partition coefficient (Wildman–Crippen LogP) is 1.48. The van der Waals surface area contributed by atoms with Gasteiger partial charge in [-0.3, -0.25) is 0 Å². The standard InChI is InChI=1S/C4H10S.O.Sn/c1-2-3-4-5;;/h5H,2-4H2,1H3;;/q;;+1/p-1. The molecule has 0 heterocycles. The van der Waals surface area contributed by atoms with Crippen LogP contribution in [0.3, 0.4) is 0 Å². The Bertz CT molecular complexity index is 49.0. The molecule has 0 aliphatic carbocycles. The van der Waals surface area contributed by atoms with Crippen molar-refractivity contribution in [3.8, 4) is 0 Å². The fourth-order valence-corrected chi connectivity index (χ4v) is 2.72. The third-order valence-corrected chi connectivity index (χ3v) is 4.03. The Morgan fingerprint density at radius 2 is 2.43 bits per heavy atom. The summed E-state index contributed by atoms with van der Waals surface area (Å²) in [4.78, 5) is 0. The quantitative estimate of drug-likeness (QED) is 0.531. The van der Waals surface area contributed by atoms with E-state index in [-0.39, 0.29) is 0 Å². The molecule has 0 aromatic carbocycles. The summed E-state index contributed by atoms with van der Waals surface area (Å²) in [6.07, 6.45) is 2.46. The van der Waals surface area contributed by atoms with Crippen molar-refractivity contribution in [2.45, 2.75) is 19.8 Å². The van der Waals surface area contributed by atoms with Crippen LogP contribution >= 0.6 is 8.95 Å². The summed E-state index contributed by atoms with van der Waals surface area (Å²) in [6, 6.07) is 0. The van der Waals surface area contributed by atoms with Crippen molar-refractivity contribution in [1.29, 1.82) is 0 Å². The Morgan fingerprint density at radius 1 is 1.71 bits per heavy atom. The third kappa shape index (κ3) is 6.95. The molecule has 0 spiro atoms. The van der Waals surface area contributed by atoms with Gasteiger partial charge in [0.25, 0.3) is 0 Å². The van der Waals surface area contributed by atoms with E-state index in [2.05, 4.69) is 6.92 Å². The summed E-state index contributed by atoms with van der Waals surface area (Å²) in [5.74, 6) is 1.12. The molecule has 0 atom stereocenters. The van der Waals surface area contributed by atoms with Crippen molar-refractivity contribution in [3.63, 3.8) is 0 Å². The molecule has 0 rings (SSSR count). The van der Waals surface area contributed by atoms with Crippen LogP contribution in [-0.2, 0) is 3.08 Å². The molecule has 0 saturated carbocycles. The van der Waals surface area contributed by atoms with Gasteiger partial charge in [-0.1, -0.05) is 0 Å². The monoisotopic (exact) mass is 225 g/mol. The number of rotatable bonds is 4. The zero-order chi connectivity index (χ0) is 5.54. The van der Waals surface area contributed by atoms with Gasteiger partial charge in [0.15, 0.2) is 0 Å². The molecule has 0 saturated heterocycles. The first-order valence-corrected chi connectivity index (χ1v) is 8.05. The van der Waals surface area contributed by atoms with Crippen LogP contribution in [-0.4, -0.2) is 25.5 Å². The average molecular weight is 224 g/mol. The second-order valence-corrected chi connectivity index (χ2v) is 6.05. The molecule has 0 fully saturated rings. The molecule has 0 N–H and O–H groups in total. The van der Waals surface area contributed by atoms with Crippen molar-refractivity contribution in [1.82, 2.24) is 0 Å². The van der Waals surface area contributed by atoms with Gasteiger partial charge in [-0.25, -0.2) is 0 Å². The number of hydrogen-bond acceptors (Lipinski definition) is 2. The number of unbranched alkanes of at least 4 members (excludes halogenated alkanes) is 1. The Kier molecular flexibility index (Phi) is 7.89. The molecular formula is C4H9OSSn. The van der Waals surface area contributed by atoms with E-state index < -0.39 is 19.7 Å². The minimum absolute atomic E-state index is 1.12. The van der Waals surface area contributed by atoms with Crippen molar-refractivity contribution in [2.24, 2.45) is 0 Å². The first kappa shape index (κ1) is 7.95. The van der Waals surface area contributed by atoms with E-state index in [4.69, 9.17) is 0 Å². The Balaban J connectivity index is 2.56. The van der Waals surface area contributed by atoms with Gasteiger partial charge in [0, 0.05) is 0 Å². The fourth-order valence-electron chi connectivity index (χ4n) is 0.258. The molecule has 0 bridgehead atoms. The van der Waals surface area contributed by atoms with Crippen molar-refractivity contribution >= 4 is 28.7 Å². The fraction of sp³-hybridized carbons (Fsp3) is 1.00. The van der Waals surface area contributed by atoms with E-state index in [0.717, 1.165) is 5.75 Å². The molecule has 0 aliphatic heterocycles. The predicted molar refractivity (Wildman–Crippen MR) is 33.8 cm³/mol. The molecule has 0 aliphatic rings. The summed E-state index contributed by atoms with van der Waals surface area (Å²) >= 11 is -1.16. The van der Waals surface area contributed by atoms with Crippen LogP contribution in [0.2, 0.25) is 0 Å². The topological polar surface area (TPSA) is 17.1 Å². The van der Waals surface area contributed by atoms with Gasteiger partial charge in [-0.2, -0.15) is 0 Å². The maximum absolute atomic E-state index is 9.94. The van der Waals surface area contributed by atoms with E-state index in [1.807, 2.05) is 0 Å². The minimum atomic E-state index is -1.16. The van der Waals surface area contributed by atoms with E-state index in [0.29, 0.717) is 0 Å². The van der Waals surface area contributed by atoms with E-state index in [1.54, 1.807) is 8.95 Å². The van der Waals surface area contributed by atoms with Crippen molar-refractivity contribution < 1.29 is 3.08 Å². The molecule has 3 heteroatoms. The summed E-state index contributed by atoms with van der Waals surface area (Å²) in [5, 5.41) is 0. The SMILES string of the molecule is CCCC[S][Sn]=[O]. The van der Waals surface area contributed by atoms with Gasteiger partial charge in [-0.15, -0.1) is 0 Å². The second kappa shape index (κ2) is 6.95. The van der Waals surface area contributed by atoms with Crippen LogP contribution < -0.4 is 0 Å². The van der Waals surface area contributed by atoms with E-state index in [1.165, 1.54) is 12.8 Å². The van der Waals surface area contributed by atoms with E-state index in [9.17, 15) is 3.08 Å². The Labute approximate surface area is 57.3 Å². The molecule has 7 heavy (non-hydrogen) atoms. The van der Waals surface area contributed by atoms with Gasteiger partial charge in [0.1, 0.15) is 0 Å². The van der Waals surface area contributed by atoms with Crippen LogP contribution in [0.25, 0.3) is 0 Å². The van der Waals surface area contributed by atoms with Crippen LogP contribution in [0.4, 0.5) is 0 Å². The molecule has 41 valence electrons.